The number of rotatable bonds is 5. The molecule has 1 aliphatic heterocycles. The molecule has 0 bridgehead atoms. The highest BCUT2D eigenvalue weighted by Crippen LogP contribution is 2.29. The van der Waals surface area contributed by atoms with E-state index in [9.17, 15) is 0 Å². The molecule has 1 aromatic carbocycles. The van der Waals surface area contributed by atoms with Gasteiger partial charge >= 0.3 is 0 Å². The SMILES string of the molecule is CC1CCN(c2cc(Nc3ccccc3OC(C)C)ncn2)CC1. The lowest BCUT2D eigenvalue weighted by Gasteiger charge is -2.31. The largest absolute Gasteiger partial charge is 0.489 e. The number of para-hydroxylation sites is 2. The zero-order valence-corrected chi connectivity index (χ0v) is 14.7. The summed E-state index contributed by atoms with van der Waals surface area (Å²) in [5.41, 5.74) is 0.920. The Kier molecular flexibility index (Phi) is 5.18. The molecule has 2 aromatic rings. The summed E-state index contributed by atoms with van der Waals surface area (Å²) in [6, 6.07) is 9.95. The second-order valence-electron chi connectivity index (χ2n) is 6.72. The lowest BCUT2D eigenvalue weighted by atomic mass is 9.99. The van der Waals surface area contributed by atoms with Gasteiger partial charge < -0.3 is 15.0 Å². The van der Waals surface area contributed by atoms with E-state index < -0.39 is 0 Å². The molecule has 2 heterocycles. The van der Waals surface area contributed by atoms with Gasteiger partial charge in [0, 0.05) is 19.2 Å². The summed E-state index contributed by atoms with van der Waals surface area (Å²) in [5, 5.41) is 3.36. The zero-order chi connectivity index (χ0) is 16.9. The Balaban J connectivity index is 1.75. The van der Waals surface area contributed by atoms with Gasteiger partial charge in [-0.15, -0.1) is 0 Å². The highest BCUT2D eigenvalue weighted by Gasteiger charge is 2.17. The molecule has 0 aliphatic carbocycles. The number of piperidine rings is 1. The van der Waals surface area contributed by atoms with Crippen LogP contribution in [0.25, 0.3) is 0 Å². The van der Waals surface area contributed by atoms with E-state index in [1.165, 1.54) is 12.8 Å². The van der Waals surface area contributed by atoms with Gasteiger partial charge in [-0.25, -0.2) is 9.97 Å². The average Bonchev–Trinajstić information content (AvgIpc) is 2.57. The minimum absolute atomic E-state index is 0.129. The van der Waals surface area contributed by atoms with Crippen molar-refractivity contribution in [1.82, 2.24) is 9.97 Å². The Morgan fingerprint density at radius 2 is 1.92 bits per heavy atom. The van der Waals surface area contributed by atoms with Crippen LogP contribution in [0.15, 0.2) is 36.7 Å². The summed E-state index contributed by atoms with van der Waals surface area (Å²) in [6.45, 7) is 8.49. The number of benzene rings is 1. The molecule has 1 fully saturated rings. The number of nitrogens with one attached hydrogen (secondary N) is 1. The molecule has 0 radical (unpaired) electrons. The summed E-state index contributed by atoms with van der Waals surface area (Å²) in [7, 11) is 0. The highest BCUT2D eigenvalue weighted by atomic mass is 16.5. The minimum atomic E-state index is 0.129. The predicted octanol–water partition coefficient (Wildman–Crippen LogP) is 4.24. The van der Waals surface area contributed by atoms with E-state index in [2.05, 4.69) is 27.1 Å². The van der Waals surface area contributed by atoms with Gasteiger partial charge in [0.05, 0.1) is 11.8 Å². The van der Waals surface area contributed by atoms with Crippen molar-refractivity contribution in [2.45, 2.75) is 39.7 Å². The monoisotopic (exact) mass is 326 g/mol. The van der Waals surface area contributed by atoms with Crippen LogP contribution in [0, 0.1) is 5.92 Å². The lowest BCUT2D eigenvalue weighted by Crippen LogP contribution is -2.33. The van der Waals surface area contributed by atoms with Crippen LogP contribution in [0.1, 0.15) is 33.6 Å². The van der Waals surface area contributed by atoms with Crippen molar-refractivity contribution in [3.63, 3.8) is 0 Å². The predicted molar refractivity (Wildman–Crippen MR) is 98.1 cm³/mol. The molecule has 128 valence electrons. The Morgan fingerprint density at radius 3 is 2.67 bits per heavy atom. The first-order valence-electron chi connectivity index (χ1n) is 8.71. The molecule has 0 saturated carbocycles. The Morgan fingerprint density at radius 1 is 1.17 bits per heavy atom. The van der Waals surface area contributed by atoms with Crippen LogP contribution < -0.4 is 15.0 Å². The van der Waals surface area contributed by atoms with E-state index >= 15 is 0 Å². The van der Waals surface area contributed by atoms with E-state index in [1.54, 1.807) is 6.33 Å². The van der Waals surface area contributed by atoms with Crippen molar-refractivity contribution < 1.29 is 4.74 Å². The fraction of sp³-hybridized carbons (Fsp3) is 0.474. The summed E-state index contributed by atoms with van der Waals surface area (Å²) < 4.78 is 5.86. The van der Waals surface area contributed by atoms with Crippen LogP contribution in [-0.4, -0.2) is 29.2 Å². The third-order valence-electron chi connectivity index (χ3n) is 4.27. The number of nitrogens with zero attached hydrogens (tertiary/aromatic N) is 3. The van der Waals surface area contributed by atoms with Crippen molar-refractivity contribution in [2.24, 2.45) is 5.92 Å². The Labute approximate surface area is 144 Å². The first-order valence-corrected chi connectivity index (χ1v) is 8.71. The quantitative estimate of drug-likeness (QED) is 0.890. The van der Waals surface area contributed by atoms with Crippen LogP contribution in [0.4, 0.5) is 17.3 Å². The van der Waals surface area contributed by atoms with Crippen molar-refractivity contribution in [1.29, 1.82) is 0 Å². The second kappa shape index (κ2) is 7.51. The average molecular weight is 326 g/mol. The van der Waals surface area contributed by atoms with E-state index in [-0.39, 0.29) is 6.10 Å². The topological polar surface area (TPSA) is 50.3 Å². The van der Waals surface area contributed by atoms with Crippen LogP contribution in [0.5, 0.6) is 5.75 Å². The first-order chi connectivity index (χ1) is 11.6. The standard InChI is InChI=1S/C19H26N4O/c1-14(2)24-17-7-5-4-6-16(17)22-18-12-19(21-13-20-18)23-10-8-15(3)9-11-23/h4-7,12-15H,8-11H2,1-3H3,(H,20,21,22). The van der Waals surface area contributed by atoms with Gasteiger partial charge in [0.1, 0.15) is 23.7 Å². The first kappa shape index (κ1) is 16.6. The summed E-state index contributed by atoms with van der Waals surface area (Å²) >= 11 is 0. The fourth-order valence-corrected chi connectivity index (χ4v) is 2.89. The van der Waals surface area contributed by atoms with Gasteiger partial charge in [-0.2, -0.15) is 0 Å². The van der Waals surface area contributed by atoms with Gasteiger partial charge in [0.25, 0.3) is 0 Å². The van der Waals surface area contributed by atoms with Crippen LogP contribution in [-0.2, 0) is 0 Å². The van der Waals surface area contributed by atoms with E-state index in [0.717, 1.165) is 42.1 Å². The van der Waals surface area contributed by atoms with Gasteiger partial charge in [0.15, 0.2) is 0 Å². The summed E-state index contributed by atoms with van der Waals surface area (Å²) in [4.78, 5) is 11.1. The molecule has 1 N–H and O–H groups in total. The molecule has 0 atom stereocenters. The molecule has 1 aliphatic rings. The van der Waals surface area contributed by atoms with Crippen LogP contribution in [0.2, 0.25) is 0 Å². The van der Waals surface area contributed by atoms with Gasteiger partial charge in [-0.3, -0.25) is 0 Å². The molecule has 0 amide bonds. The van der Waals surface area contributed by atoms with Gasteiger partial charge in [-0.1, -0.05) is 19.1 Å². The highest BCUT2D eigenvalue weighted by molar-refractivity contribution is 5.65. The summed E-state index contributed by atoms with van der Waals surface area (Å²) in [6.07, 6.45) is 4.20. The Hall–Kier alpha value is -2.30. The molecule has 1 saturated heterocycles. The number of hydrogen-bond acceptors (Lipinski definition) is 5. The van der Waals surface area contributed by atoms with Crippen molar-refractivity contribution in [2.75, 3.05) is 23.3 Å². The molecule has 1 aromatic heterocycles. The van der Waals surface area contributed by atoms with Crippen LogP contribution in [0.3, 0.4) is 0 Å². The molecular weight excluding hydrogens is 300 g/mol. The van der Waals surface area contributed by atoms with Crippen molar-refractivity contribution >= 4 is 17.3 Å². The van der Waals surface area contributed by atoms with E-state index in [4.69, 9.17) is 4.74 Å². The third-order valence-corrected chi connectivity index (χ3v) is 4.27. The molecule has 0 unspecified atom stereocenters. The second-order valence-corrected chi connectivity index (χ2v) is 6.72. The maximum absolute atomic E-state index is 5.86. The fourth-order valence-electron chi connectivity index (χ4n) is 2.89. The zero-order valence-electron chi connectivity index (χ0n) is 14.7. The number of aromatic nitrogens is 2. The maximum Gasteiger partial charge on any atom is 0.143 e. The van der Waals surface area contributed by atoms with Crippen molar-refractivity contribution in [3.8, 4) is 5.75 Å². The molecule has 5 heteroatoms. The smallest absolute Gasteiger partial charge is 0.143 e. The summed E-state index contributed by atoms with van der Waals surface area (Å²) in [5.74, 6) is 3.42. The lowest BCUT2D eigenvalue weighted by molar-refractivity contribution is 0.244. The molecule has 5 nitrogen and oxygen atoms in total. The maximum atomic E-state index is 5.86. The van der Waals surface area contributed by atoms with Gasteiger partial charge in [-0.05, 0) is 44.7 Å². The molecule has 24 heavy (non-hydrogen) atoms. The van der Waals surface area contributed by atoms with E-state index in [0.29, 0.717) is 0 Å². The third kappa shape index (κ3) is 4.16. The molecule has 3 rings (SSSR count). The van der Waals surface area contributed by atoms with Crippen LogP contribution >= 0.6 is 0 Å². The number of anilines is 3. The molecule has 0 spiro atoms. The number of ether oxygens (including phenoxy) is 1. The normalized spacial score (nSPS) is 15.6. The van der Waals surface area contributed by atoms with E-state index in [1.807, 2.05) is 44.2 Å². The Bertz CT molecular complexity index is 666. The van der Waals surface area contributed by atoms with Gasteiger partial charge in [0.2, 0.25) is 0 Å². The number of hydrogen-bond donors (Lipinski definition) is 1. The molecular formula is C19H26N4O. The minimum Gasteiger partial charge on any atom is -0.489 e. The van der Waals surface area contributed by atoms with Crippen molar-refractivity contribution in [3.05, 3.63) is 36.7 Å².